The van der Waals surface area contributed by atoms with E-state index in [1.165, 1.54) is 31.4 Å². The molecule has 0 atom stereocenters. The quantitative estimate of drug-likeness (QED) is 0.487. The van der Waals surface area contributed by atoms with E-state index in [1.54, 1.807) is 37.3 Å². The fourth-order valence-electron chi connectivity index (χ4n) is 3.23. The number of halogens is 3. The lowest BCUT2D eigenvalue weighted by Crippen LogP contribution is -2.26. The van der Waals surface area contributed by atoms with E-state index in [2.05, 4.69) is 9.46 Å². The zero-order chi connectivity index (χ0) is 24.2. The van der Waals surface area contributed by atoms with Gasteiger partial charge in [-0.2, -0.15) is 13.2 Å². The molecule has 0 heterocycles. The molecule has 3 aromatic carbocycles. The normalized spacial score (nSPS) is 11.9. The number of aryl methyl sites for hydroxylation is 1. The van der Waals surface area contributed by atoms with E-state index >= 15 is 0 Å². The van der Waals surface area contributed by atoms with Gasteiger partial charge in [0.25, 0.3) is 0 Å². The average Bonchev–Trinajstić information content (AvgIpc) is 2.78. The SMILES string of the molecule is COC(=O)c1cc(S(=O)(=O)NCCc2ccc(-c3ccc(C(F)(F)F)cc3)cc2)ccc1C. The summed E-state index contributed by atoms with van der Waals surface area (Å²) in [4.78, 5) is 11.8. The van der Waals surface area contributed by atoms with Crippen molar-refractivity contribution < 1.29 is 31.1 Å². The Kier molecular flexibility index (Phi) is 7.24. The van der Waals surface area contributed by atoms with Crippen LogP contribution in [0.15, 0.2) is 71.6 Å². The number of ether oxygens (including phenoxy) is 1. The van der Waals surface area contributed by atoms with Crippen LogP contribution in [-0.4, -0.2) is 28.0 Å². The van der Waals surface area contributed by atoms with E-state index in [0.717, 1.165) is 23.3 Å². The highest BCUT2D eigenvalue weighted by molar-refractivity contribution is 7.89. The third-order valence-electron chi connectivity index (χ3n) is 5.13. The highest BCUT2D eigenvalue weighted by Crippen LogP contribution is 2.31. The molecule has 33 heavy (non-hydrogen) atoms. The van der Waals surface area contributed by atoms with Crippen LogP contribution in [0.1, 0.15) is 27.0 Å². The summed E-state index contributed by atoms with van der Waals surface area (Å²) in [5.41, 5.74) is 2.34. The summed E-state index contributed by atoms with van der Waals surface area (Å²) < 4.78 is 70.5. The lowest BCUT2D eigenvalue weighted by molar-refractivity contribution is -0.137. The van der Waals surface area contributed by atoms with Crippen LogP contribution < -0.4 is 4.72 Å². The van der Waals surface area contributed by atoms with Crippen molar-refractivity contribution in [1.29, 1.82) is 0 Å². The number of sulfonamides is 1. The number of alkyl halides is 3. The molecule has 0 aliphatic rings. The van der Waals surface area contributed by atoms with Crippen molar-refractivity contribution in [3.05, 3.63) is 89.0 Å². The molecule has 0 aromatic heterocycles. The number of carbonyl (C=O) groups excluding carboxylic acids is 1. The summed E-state index contributed by atoms with van der Waals surface area (Å²) in [7, 11) is -2.60. The van der Waals surface area contributed by atoms with E-state index in [1.807, 2.05) is 0 Å². The Balaban J connectivity index is 1.63. The molecule has 3 aromatic rings. The molecule has 0 aliphatic carbocycles. The summed E-state index contributed by atoms with van der Waals surface area (Å²) in [6.45, 7) is 1.81. The number of carbonyl (C=O) groups is 1. The van der Waals surface area contributed by atoms with Gasteiger partial charge >= 0.3 is 12.1 Å². The Morgan fingerprint density at radius 1 is 0.939 bits per heavy atom. The molecule has 0 amide bonds. The molecular formula is C24H22F3NO4S. The third-order valence-corrected chi connectivity index (χ3v) is 6.59. The number of benzene rings is 3. The van der Waals surface area contributed by atoms with E-state index in [0.29, 0.717) is 17.5 Å². The molecule has 1 N–H and O–H groups in total. The molecule has 174 valence electrons. The number of hydrogen-bond donors (Lipinski definition) is 1. The standard InChI is InChI=1S/C24H22F3NO4S/c1-16-3-12-21(15-22(16)23(29)32-2)33(30,31)28-14-13-17-4-6-18(7-5-17)19-8-10-20(11-9-19)24(25,26)27/h3-12,15,28H,13-14H2,1-2H3. The first kappa shape index (κ1) is 24.5. The van der Waals surface area contributed by atoms with Gasteiger partial charge in [0.2, 0.25) is 10.0 Å². The maximum absolute atomic E-state index is 12.7. The van der Waals surface area contributed by atoms with Gasteiger partial charge in [-0.3, -0.25) is 0 Å². The smallest absolute Gasteiger partial charge is 0.416 e. The number of esters is 1. The van der Waals surface area contributed by atoms with Gasteiger partial charge in [-0.25, -0.2) is 17.9 Å². The molecule has 0 fully saturated rings. The Labute approximate surface area is 190 Å². The summed E-state index contributed by atoms with van der Waals surface area (Å²) in [5.74, 6) is -0.613. The van der Waals surface area contributed by atoms with Crippen molar-refractivity contribution in [2.45, 2.75) is 24.4 Å². The van der Waals surface area contributed by atoms with Crippen molar-refractivity contribution in [3.8, 4) is 11.1 Å². The van der Waals surface area contributed by atoms with Gasteiger partial charge in [0, 0.05) is 6.54 Å². The van der Waals surface area contributed by atoms with Crippen LogP contribution in [-0.2, 0) is 27.4 Å². The second-order valence-corrected chi connectivity index (χ2v) is 9.16. The van der Waals surface area contributed by atoms with Crippen molar-refractivity contribution in [3.63, 3.8) is 0 Å². The lowest BCUT2D eigenvalue weighted by Gasteiger charge is -2.10. The molecule has 0 saturated carbocycles. The lowest BCUT2D eigenvalue weighted by atomic mass is 10.0. The van der Waals surface area contributed by atoms with Crippen molar-refractivity contribution in [1.82, 2.24) is 4.72 Å². The zero-order valence-corrected chi connectivity index (χ0v) is 18.8. The number of rotatable bonds is 7. The first-order valence-electron chi connectivity index (χ1n) is 9.96. The Morgan fingerprint density at radius 2 is 1.52 bits per heavy atom. The molecule has 0 spiro atoms. The number of nitrogens with one attached hydrogen (secondary N) is 1. The summed E-state index contributed by atoms with van der Waals surface area (Å²) >= 11 is 0. The highest BCUT2D eigenvalue weighted by atomic mass is 32.2. The molecule has 3 rings (SSSR count). The van der Waals surface area contributed by atoms with Crippen molar-refractivity contribution >= 4 is 16.0 Å². The molecule has 0 radical (unpaired) electrons. The molecule has 0 unspecified atom stereocenters. The Bertz CT molecular complexity index is 1240. The monoisotopic (exact) mass is 477 g/mol. The van der Waals surface area contributed by atoms with Crippen LogP contribution in [0.5, 0.6) is 0 Å². The van der Waals surface area contributed by atoms with E-state index in [9.17, 15) is 26.4 Å². The number of hydrogen-bond acceptors (Lipinski definition) is 4. The summed E-state index contributed by atoms with van der Waals surface area (Å²) in [6, 6.07) is 16.3. The predicted octanol–water partition coefficient (Wildman–Crippen LogP) is 4.99. The largest absolute Gasteiger partial charge is 0.465 e. The Morgan fingerprint density at radius 3 is 2.06 bits per heavy atom. The topological polar surface area (TPSA) is 72.5 Å². The van der Waals surface area contributed by atoms with E-state index in [-0.39, 0.29) is 17.0 Å². The van der Waals surface area contributed by atoms with Gasteiger partial charge in [0.05, 0.1) is 23.1 Å². The molecule has 0 aliphatic heterocycles. The summed E-state index contributed by atoms with van der Waals surface area (Å²) in [5, 5.41) is 0. The average molecular weight is 478 g/mol. The van der Waals surface area contributed by atoms with Crippen LogP contribution in [0.4, 0.5) is 13.2 Å². The van der Waals surface area contributed by atoms with Gasteiger partial charge in [-0.15, -0.1) is 0 Å². The zero-order valence-electron chi connectivity index (χ0n) is 17.9. The molecule has 0 saturated heterocycles. The molecule has 5 nitrogen and oxygen atoms in total. The van der Waals surface area contributed by atoms with E-state index < -0.39 is 27.7 Å². The minimum atomic E-state index is -4.38. The highest BCUT2D eigenvalue weighted by Gasteiger charge is 2.30. The van der Waals surface area contributed by atoms with Gasteiger partial charge < -0.3 is 4.74 Å². The first-order chi connectivity index (χ1) is 15.5. The van der Waals surface area contributed by atoms with E-state index in [4.69, 9.17) is 0 Å². The number of methoxy groups -OCH3 is 1. The van der Waals surface area contributed by atoms with Crippen molar-refractivity contribution in [2.75, 3.05) is 13.7 Å². The van der Waals surface area contributed by atoms with Gasteiger partial charge in [-0.05, 0) is 59.9 Å². The third kappa shape index (κ3) is 6.00. The predicted molar refractivity (Wildman–Crippen MR) is 118 cm³/mol. The van der Waals surface area contributed by atoms with Crippen LogP contribution in [0.2, 0.25) is 0 Å². The fourth-order valence-corrected chi connectivity index (χ4v) is 4.28. The first-order valence-corrected chi connectivity index (χ1v) is 11.4. The van der Waals surface area contributed by atoms with Crippen LogP contribution in [0.3, 0.4) is 0 Å². The second-order valence-electron chi connectivity index (χ2n) is 7.39. The minimum Gasteiger partial charge on any atom is -0.465 e. The van der Waals surface area contributed by atoms with Crippen molar-refractivity contribution in [2.24, 2.45) is 0 Å². The second kappa shape index (κ2) is 9.76. The maximum Gasteiger partial charge on any atom is 0.416 e. The molecule has 9 heteroatoms. The van der Waals surface area contributed by atoms with Crippen LogP contribution in [0.25, 0.3) is 11.1 Å². The van der Waals surface area contributed by atoms with Crippen LogP contribution >= 0.6 is 0 Å². The van der Waals surface area contributed by atoms with Gasteiger partial charge in [-0.1, -0.05) is 42.5 Å². The van der Waals surface area contributed by atoms with Gasteiger partial charge in [0.15, 0.2) is 0 Å². The molecule has 0 bridgehead atoms. The Hall–Kier alpha value is -3.17. The fraction of sp³-hybridized carbons (Fsp3) is 0.208. The molecular weight excluding hydrogens is 455 g/mol. The maximum atomic E-state index is 12.7. The minimum absolute atomic E-state index is 0.0360. The summed E-state index contributed by atoms with van der Waals surface area (Å²) in [6.07, 6.45) is -3.97. The van der Waals surface area contributed by atoms with Crippen LogP contribution in [0, 0.1) is 6.92 Å². The van der Waals surface area contributed by atoms with Gasteiger partial charge in [0.1, 0.15) is 0 Å².